The molecule has 0 aliphatic rings. The van der Waals surface area contributed by atoms with Gasteiger partial charge < -0.3 is 5.11 Å². The van der Waals surface area contributed by atoms with Crippen LogP contribution in [0.4, 0.5) is 0 Å². The maximum absolute atomic E-state index is 11.8. The molecule has 6 heteroatoms. The summed E-state index contributed by atoms with van der Waals surface area (Å²) in [4.78, 5) is 0. The normalized spacial score (nSPS) is 12.7. The van der Waals surface area contributed by atoms with Crippen molar-refractivity contribution in [1.82, 2.24) is 8.61 Å². The third kappa shape index (κ3) is 3.53. The van der Waals surface area contributed by atoms with Crippen molar-refractivity contribution in [3.05, 3.63) is 0 Å². The van der Waals surface area contributed by atoms with E-state index in [4.69, 9.17) is 5.11 Å². The van der Waals surface area contributed by atoms with Crippen LogP contribution in [0.1, 0.15) is 20.3 Å². The molecule has 14 heavy (non-hydrogen) atoms. The Labute approximate surface area is 86.5 Å². The molecule has 0 aliphatic heterocycles. The Balaban J connectivity index is 4.43. The molecule has 0 aromatic carbocycles. The quantitative estimate of drug-likeness (QED) is 0.656. The molecular formula is C8H20N2O3S. The molecule has 0 radical (unpaired) electrons. The summed E-state index contributed by atoms with van der Waals surface area (Å²) in [5.41, 5.74) is 0. The van der Waals surface area contributed by atoms with E-state index in [0.717, 1.165) is 0 Å². The van der Waals surface area contributed by atoms with Gasteiger partial charge in [0, 0.05) is 33.3 Å². The first kappa shape index (κ1) is 13.8. The van der Waals surface area contributed by atoms with E-state index in [1.54, 1.807) is 13.8 Å². The zero-order valence-corrected chi connectivity index (χ0v) is 9.92. The van der Waals surface area contributed by atoms with Gasteiger partial charge in [-0.05, 0) is 6.42 Å². The minimum atomic E-state index is -3.32. The smallest absolute Gasteiger partial charge is 0.281 e. The van der Waals surface area contributed by atoms with E-state index in [0.29, 0.717) is 26.1 Å². The molecule has 0 bridgehead atoms. The van der Waals surface area contributed by atoms with Crippen molar-refractivity contribution in [2.45, 2.75) is 20.3 Å². The molecule has 0 unspecified atom stereocenters. The van der Waals surface area contributed by atoms with E-state index in [9.17, 15) is 8.42 Å². The minimum Gasteiger partial charge on any atom is -0.396 e. The molecule has 0 rings (SSSR count). The van der Waals surface area contributed by atoms with Gasteiger partial charge in [0.05, 0.1) is 0 Å². The highest BCUT2D eigenvalue weighted by Crippen LogP contribution is 2.05. The Hall–Kier alpha value is -0.170. The minimum absolute atomic E-state index is 0.0120. The summed E-state index contributed by atoms with van der Waals surface area (Å²) in [6.45, 7) is 4.93. The monoisotopic (exact) mass is 224 g/mol. The molecule has 0 saturated heterocycles. The summed E-state index contributed by atoms with van der Waals surface area (Å²) >= 11 is 0. The van der Waals surface area contributed by atoms with Crippen LogP contribution >= 0.6 is 0 Å². The van der Waals surface area contributed by atoms with Crippen LogP contribution < -0.4 is 0 Å². The average molecular weight is 224 g/mol. The summed E-state index contributed by atoms with van der Waals surface area (Å²) in [6.07, 6.45) is 0.469. The fraction of sp³-hybridized carbons (Fsp3) is 1.00. The summed E-state index contributed by atoms with van der Waals surface area (Å²) in [7, 11) is -1.79. The van der Waals surface area contributed by atoms with E-state index in [1.165, 1.54) is 15.7 Å². The molecular weight excluding hydrogens is 204 g/mol. The first-order chi connectivity index (χ1) is 6.50. The van der Waals surface area contributed by atoms with Crippen LogP contribution in [0.5, 0.6) is 0 Å². The second-order valence-corrected chi connectivity index (χ2v) is 5.03. The van der Waals surface area contributed by atoms with Gasteiger partial charge in [-0.1, -0.05) is 13.8 Å². The van der Waals surface area contributed by atoms with Gasteiger partial charge in [-0.25, -0.2) is 0 Å². The molecule has 0 fully saturated rings. The van der Waals surface area contributed by atoms with Crippen molar-refractivity contribution < 1.29 is 13.5 Å². The summed E-state index contributed by atoms with van der Waals surface area (Å²) in [6, 6.07) is 0. The van der Waals surface area contributed by atoms with Crippen LogP contribution in [0.15, 0.2) is 0 Å². The van der Waals surface area contributed by atoms with Crippen LogP contribution in [-0.4, -0.2) is 55.4 Å². The average Bonchev–Trinajstić information content (AvgIpc) is 2.15. The Morgan fingerprint density at radius 2 is 1.71 bits per heavy atom. The van der Waals surface area contributed by atoms with E-state index >= 15 is 0 Å². The van der Waals surface area contributed by atoms with Gasteiger partial charge in [-0.2, -0.15) is 17.0 Å². The Morgan fingerprint density at radius 1 is 1.21 bits per heavy atom. The Bertz CT molecular complexity index is 237. The van der Waals surface area contributed by atoms with Crippen molar-refractivity contribution in [3.8, 4) is 0 Å². The zero-order valence-electron chi connectivity index (χ0n) is 9.10. The third-order valence-corrected chi connectivity index (χ3v) is 4.20. The molecule has 1 N–H and O–H groups in total. The molecule has 0 aromatic heterocycles. The van der Waals surface area contributed by atoms with Gasteiger partial charge in [0.1, 0.15) is 0 Å². The van der Waals surface area contributed by atoms with Gasteiger partial charge in [-0.3, -0.25) is 0 Å². The second kappa shape index (κ2) is 6.34. The van der Waals surface area contributed by atoms with Gasteiger partial charge in [0.25, 0.3) is 10.2 Å². The van der Waals surface area contributed by atoms with Gasteiger partial charge >= 0.3 is 0 Å². The number of hydrogen-bond donors (Lipinski definition) is 1. The highest BCUT2D eigenvalue weighted by molar-refractivity contribution is 7.86. The molecule has 0 saturated carbocycles. The van der Waals surface area contributed by atoms with E-state index in [2.05, 4.69) is 0 Å². The predicted molar refractivity (Wildman–Crippen MR) is 56.2 cm³/mol. The lowest BCUT2D eigenvalue weighted by Crippen LogP contribution is -2.42. The standard InChI is InChI=1S/C8H20N2O3S/c1-4-10(5-2)14(12,13)9(3)7-6-8-11/h11H,4-8H2,1-3H3. The van der Waals surface area contributed by atoms with Crippen LogP contribution in [0.3, 0.4) is 0 Å². The van der Waals surface area contributed by atoms with Gasteiger partial charge in [0.15, 0.2) is 0 Å². The maximum Gasteiger partial charge on any atom is 0.281 e. The molecule has 0 atom stereocenters. The van der Waals surface area contributed by atoms with Crippen molar-refractivity contribution in [3.63, 3.8) is 0 Å². The largest absolute Gasteiger partial charge is 0.396 e. The maximum atomic E-state index is 11.8. The molecule has 0 aromatic rings. The second-order valence-electron chi connectivity index (χ2n) is 2.99. The van der Waals surface area contributed by atoms with Crippen molar-refractivity contribution >= 4 is 10.2 Å². The number of rotatable bonds is 7. The highest BCUT2D eigenvalue weighted by atomic mass is 32.2. The van der Waals surface area contributed by atoms with Crippen molar-refractivity contribution in [2.24, 2.45) is 0 Å². The van der Waals surface area contributed by atoms with Crippen LogP contribution in [-0.2, 0) is 10.2 Å². The lowest BCUT2D eigenvalue weighted by atomic mass is 10.5. The van der Waals surface area contributed by atoms with E-state index in [1.807, 2.05) is 0 Å². The Morgan fingerprint density at radius 3 is 2.07 bits per heavy atom. The lowest BCUT2D eigenvalue weighted by molar-refractivity contribution is 0.272. The fourth-order valence-electron chi connectivity index (χ4n) is 1.16. The number of hydrogen-bond acceptors (Lipinski definition) is 3. The first-order valence-corrected chi connectivity index (χ1v) is 6.22. The van der Waals surface area contributed by atoms with E-state index < -0.39 is 10.2 Å². The van der Waals surface area contributed by atoms with Crippen molar-refractivity contribution in [1.29, 1.82) is 0 Å². The number of aliphatic hydroxyl groups is 1. The summed E-state index contributed by atoms with van der Waals surface area (Å²) < 4.78 is 26.2. The molecule has 5 nitrogen and oxygen atoms in total. The van der Waals surface area contributed by atoms with Crippen molar-refractivity contribution in [2.75, 3.05) is 33.3 Å². The van der Waals surface area contributed by atoms with Crippen LogP contribution in [0, 0.1) is 0 Å². The van der Waals surface area contributed by atoms with Crippen LogP contribution in [0.2, 0.25) is 0 Å². The van der Waals surface area contributed by atoms with E-state index in [-0.39, 0.29) is 6.61 Å². The topological polar surface area (TPSA) is 60.9 Å². The number of nitrogens with zero attached hydrogens (tertiary/aromatic N) is 2. The summed E-state index contributed by atoms with van der Waals surface area (Å²) in [5.74, 6) is 0. The molecule has 0 amide bonds. The predicted octanol–water partition coefficient (Wildman–Crippen LogP) is -0.113. The zero-order chi connectivity index (χ0) is 11.2. The molecule has 0 spiro atoms. The molecule has 0 heterocycles. The van der Waals surface area contributed by atoms with Gasteiger partial charge in [0.2, 0.25) is 0 Å². The molecule has 0 aliphatic carbocycles. The molecule has 86 valence electrons. The third-order valence-electron chi connectivity index (χ3n) is 2.06. The fourth-order valence-corrected chi connectivity index (χ4v) is 2.56. The Kier molecular flexibility index (Phi) is 6.26. The van der Waals surface area contributed by atoms with Crippen LogP contribution in [0.25, 0.3) is 0 Å². The van der Waals surface area contributed by atoms with Gasteiger partial charge in [-0.15, -0.1) is 0 Å². The highest BCUT2D eigenvalue weighted by Gasteiger charge is 2.23. The number of aliphatic hydroxyl groups excluding tert-OH is 1. The first-order valence-electron chi connectivity index (χ1n) is 4.82. The lowest BCUT2D eigenvalue weighted by Gasteiger charge is -2.25. The summed E-state index contributed by atoms with van der Waals surface area (Å²) in [5, 5.41) is 8.60. The SMILES string of the molecule is CCN(CC)S(=O)(=O)N(C)CCCO.